The van der Waals surface area contributed by atoms with Gasteiger partial charge in [0.1, 0.15) is 5.82 Å². The van der Waals surface area contributed by atoms with Crippen LogP contribution in [-0.4, -0.2) is 14.5 Å². The summed E-state index contributed by atoms with van der Waals surface area (Å²) in [6.45, 7) is -0.126. The molecule has 0 aliphatic carbocycles. The third-order valence-corrected chi connectivity index (χ3v) is 4.78. The van der Waals surface area contributed by atoms with Crippen molar-refractivity contribution in [3.63, 3.8) is 0 Å². The maximum atomic E-state index is 13.1. The van der Waals surface area contributed by atoms with Gasteiger partial charge in [-0.25, -0.2) is 9.37 Å². The number of nitrogens with zero attached hydrogens (tertiary/aromatic N) is 2. The molecule has 2 heterocycles. The fourth-order valence-corrected chi connectivity index (χ4v) is 3.62. The van der Waals surface area contributed by atoms with Crippen LogP contribution < -0.4 is 0 Å². The standard InChI is InChI=1S/C18H13FN2OS/c19-14-8-6-13(7-9-14)17-15(11-22)21-10-16(23-18(21)20-17)12-4-2-1-3-5-12/h1-10,22H,11H2. The highest BCUT2D eigenvalue weighted by Crippen LogP contribution is 2.33. The van der Waals surface area contributed by atoms with E-state index in [-0.39, 0.29) is 12.4 Å². The molecule has 0 fully saturated rings. The lowest BCUT2D eigenvalue weighted by Crippen LogP contribution is -1.92. The number of fused-ring (bicyclic) bond motifs is 1. The molecule has 114 valence electrons. The van der Waals surface area contributed by atoms with E-state index in [1.54, 1.807) is 23.5 Å². The molecule has 5 heteroatoms. The molecule has 0 aliphatic rings. The van der Waals surface area contributed by atoms with E-state index in [0.717, 1.165) is 21.0 Å². The number of aliphatic hydroxyl groups excluding tert-OH is 1. The van der Waals surface area contributed by atoms with Crippen LogP contribution in [0.2, 0.25) is 0 Å². The van der Waals surface area contributed by atoms with E-state index in [2.05, 4.69) is 4.98 Å². The van der Waals surface area contributed by atoms with Gasteiger partial charge in [-0.1, -0.05) is 41.7 Å². The van der Waals surface area contributed by atoms with Gasteiger partial charge in [0, 0.05) is 11.8 Å². The SMILES string of the molecule is OCc1c(-c2ccc(F)cc2)nc2sc(-c3ccccc3)cn12. The monoisotopic (exact) mass is 324 g/mol. The molecule has 0 amide bonds. The molecule has 3 nitrogen and oxygen atoms in total. The molecule has 1 N–H and O–H groups in total. The van der Waals surface area contributed by atoms with Crippen LogP contribution in [0.25, 0.3) is 26.7 Å². The van der Waals surface area contributed by atoms with Crippen LogP contribution >= 0.6 is 11.3 Å². The topological polar surface area (TPSA) is 37.5 Å². The maximum absolute atomic E-state index is 13.1. The summed E-state index contributed by atoms with van der Waals surface area (Å²) in [4.78, 5) is 6.53. The predicted molar refractivity (Wildman–Crippen MR) is 89.8 cm³/mol. The van der Waals surface area contributed by atoms with E-state index in [4.69, 9.17) is 0 Å². The summed E-state index contributed by atoms with van der Waals surface area (Å²) >= 11 is 1.57. The number of thiazole rings is 1. The lowest BCUT2D eigenvalue weighted by molar-refractivity contribution is 0.276. The van der Waals surface area contributed by atoms with Crippen molar-refractivity contribution >= 4 is 16.3 Å². The molecule has 0 spiro atoms. The molecule has 0 saturated carbocycles. The first-order chi connectivity index (χ1) is 11.3. The van der Waals surface area contributed by atoms with Crippen molar-refractivity contribution in [2.45, 2.75) is 6.61 Å². The molecular formula is C18H13FN2OS. The number of aromatic nitrogens is 2. The molecule has 0 atom stereocenters. The summed E-state index contributed by atoms with van der Waals surface area (Å²) in [5, 5.41) is 9.77. The van der Waals surface area contributed by atoms with Gasteiger partial charge in [0.15, 0.2) is 4.96 Å². The molecule has 0 aliphatic heterocycles. The average molecular weight is 324 g/mol. The van der Waals surface area contributed by atoms with Gasteiger partial charge in [-0.3, -0.25) is 4.40 Å². The van der Waals surface area contributed by atoms with E-state index < -0.39 is 0 Å². The number of halogens is 1. The summed E-state index contributed by atoms with van der Waals surface area (Å²) in [7, 11) is 0. The zero-order chi connectivity index (χ0) is 15.8. The van der Waals surface area contributed by atoms with Crippen LogP contribution in [-0.2, 0) is 6.61 Å². The highest BCUT2D eigenvalue weighted by molar-refractivity contribution is 7.20. The first kappa shape index (κ1) is 14.1. The summed E-state index contributed by atoms with van der Waals surface area (Å²) < 4.78 is 15.0. The van der Waals surface area contributed by atoms with E-state index >= 15 is 0 Å². The molecule has 0 radical (unpaired) electrons. The highest BCUT2D eigenvalue weighted by Gasteiger charge is 2.16. The zero-order valence-corrected chi connectivity index (χ0v) is 12.9. The van der Waals surface area contributed by atoms with Crippen molar-refractivity contribution in [1.82, 2.24) is 9.38 Å². The van der Waals surface area contributed by atoms with Gasteiger partial charge >= 0.3 is 0 Å². The summed E-state index contributed by atoms with van der Waals surface area (Å²) in [6.07, 6.45) is 1.99. The second-order valence-electron chi connectivity index (χ2n) is 5.19. The van der Waals surface area contributed by atoms with Crippen molar-refractivity contribution in [3.05, 3.63) is 72.3 Å². The summed E-state index contributed by atoms with van der Waals surface area (Å²) in [6, 6.07) is 16.2. The number of imidazole rings is 1. The Labute approximate surface area is 136 Å². The third kappa shape index (κ3) is 2.44. The van der Waals surface area contributed by atoms with Gasteiger partial charge in [-0.05, 0) is 29.8 Å². The molecule has 23 heavy (non-hydrogen) atoms. The fourth-order valence-electron chi connectivity index (χ4n) is 2.62. The fraction of sp³-hybridized carbons (Fsp3) is 0.0556. The summed E-state index contributed by atoms with van der Waals surface area (Å²) in [5.74, 6) is -0.285. The van der Waals surface area contributed by atoms with Crippen molar-refractivity contribution in [3.8, 4) is 21.7 Å². The van der Waals surface area contributed by atoms with E-state index in [0.29, 0.717) is 11.4 Å². The number of hydrogen-bond donors (Lipinski definition) is 1. The molecule has 4 aromatic rings. The quantitative estimate of drug-likeness (QED) is 0.608. The Kier molecular flexibility index (Phi) is 3.44. The van der Waals surface area contributed by atoms with Crippen LogP contribution in [0.1, 0.15) is 5.69 Å². The van der Waals surface area contributed by atoms with Crippen LogP contribution in [0.5, 0.6) is 0 Å². The predicted octanol–water partition coefficient (Wildman–Crippen LogP) is 4.36. The molecule has 0 bridgehead atoms. The Morgan fingerprint density at radius 2 is 1.74 bits per heavy atom. The van der Waals surface area contributed by atoms with Crippen LogP contribution in [0.15, 0.2) is 60.8 Å². The molecule has 2 aromatic heterocycles. The van der Waals surface area contributed by atoms with Crippen molar-refractivity contribution in [2.24, 2.45) is 0 Å². The first-order valence-corrected chi connectivity index (χ1v) is 8.01. The first-order valence-electron chi connectivity index (χ1n) is 7.19. The molecule has 0 unspecified atom stereocenters. The zero-order valence-electron chi connectivity index (χ0n) is 12.1. The second kappa shape index (κ2) is 5.61. The highest BCUT2D eigenvalue weighted by atomic mass is 32.1. The Bertz CT molecular complexity index is 958. The van der Waals surface area contributed by atoms with Gasteiger partial charge in [0.25, 0.3) is 0 Å². The van der Waals surface area contributed by atoms with Gasteiger partial charge in [-0.2, -0.15) is 0 Å². The Morgan fingerprint density at radius 1 is 1.00 bits per heavy atom. The van der Waals surface area contributed by atoms with Gasteiger partial charge in [0.05, 0.1) is 22.9 Å². The van der Waals surface area contributed by atoms with E-state index in [9.17, 15) is 9.50 Å². The third-order valence-electron chi connectivity index (χ3n) is 3.75. The second-order valence-corrected chi connectivity index (χ2v) is 6.20. The largest absolute Gasteiger partial charge is 0.390 e. The minimum atomic E-state index is -0.285. The van der Waals surface area contributed by atoms with Crippen molar-refractivity contribution in [2.75, 3.05) is 0 Å². The number of rotatable bonds is 3. The Balaban J connectivity index is 1.85. The summed E-state index contributed by atoms with van der Waals surface area (Å²) in [5.41, 5.74) is 3.33. The van der Waals surface area contributed by atoms with Gasteiger partial charge in [-0.15, -0.1) is 0 Å². The van der Waals surface area contributed by atoms with Gasteiger partial charge < -0.3 is 5.11 Å². The van der Waals surface area contributed by atoms with E-state index in [1.807, 2.05) is 40.9 Å². The number of hydrogen-bond acceptors (Lipinski definition) is 3. The molecule has 0 saturated heterocycles. The number of aliphatic hydroxyl groups is 1. The smallest absolute Gasteiger partial charge is 0.195 e. The maximum Gasteiger partial charge on any atom is 0.195 e. The lowest BCUT2D eigenvalue weighted by Gasteiger charge is -2.01. The molecule has 4 rings (SSSR count). The van der Waals surface area contributed by atoms with E-state index in [1.165, 1.54) is 12.1 Å². The van der Waals surface area contributed by atoms with Crippen molar-refractivity contribution in [1.29, 1.82) is 0 Å². The van der Waals surface area contributed by atoms with Crippen LogP contribution in [0.3, 0.4) is 0 Å². The minimum absolute atomic E-state index is 0.126. The Hall–Kier alpha value is -2.50. The normalized spacial score (nSPS) is 11.2. The molecular weight excluding hydrogens is 311 g/mol. The van der Waals surface area contributed by atoms with Crippen LogP contribution in [0.4, 0.5) is 4.39 Å². The van der Waals surface area contributed by atoms with Crippen LogP contribution in [0, 0.1) is 5.82 Å². The number of benzene rings is 2. The van der Waals surface area contributed by atoms with Crippen molar-refractivity contribution < 1.29 is 9.50 Å². The molecule has 2 aromatic carbocycles. The Morgan fingerprint density at radius 3 is 2.43 bits per heavy atom. The lowest BCUT2D eigenvalue weighted by atomic mass is 10.1. The minimum Gasteiger partial charge on any atom is -0.390 e. The average Bonchev–Trinajstić information content (AvgIpc) is 3.14. The van der Waals surface area contributed by atoms with Gasteiger partial charge in [0.2, 0.25) is 0 Å².